The van der Waals surface area contributed by atoms with Crippen LogP contribution in [-0.4, -0.2) is 35.9 Å². The Kier molecular flexibility index (Phi) is 6.15. The second-order valence-corrected chi connectivity index (χ2v) is 6.49. The number of hydrogen-bond acceptors (Lipinski definition) is 5. The fourth-order valence-corrected chi connectivity index (χ4v) is 2.22. The van der Waals surface area contributed by atoms with E-state index in [1.165, 1.54) is 0 Å². The molecule has 128 valence electrons. The Balaban J connectivity index is 2.93. The van der Waals surface area contributed by atoms with Crippen molar-refractivity contribution in [2.45, 2.75) is 52.7 Å². The molecule has 0 radical (unpaired) electrons. The van der Waals surface area contributed by atoms with Crippen molar-refractivity contribution in [2.75, 3.05) is 7.05 Å². The van der Waals surface area contributed by atoms with Crippen LogP contribution in [0.4, 0.5) is 4.79 Å². The van der Waals surface area contributed by atoms with Crippen molar-refractivity contribution in [3.05, 3.63) is 28.8 Å². The first-order valence-electron chi connectivity index (χ1n) is 7.44. The lowest BCUT2D eigenvalue weighted by atomic mass is 9.96. The molecule has 0 fully saturated rings. The van der Waals surface area contributed by atoms with E-state index in [-0.39, 0.29) is 0 Å². The summed E-state index contributed by atoms with van der Waals surface area (Å²) in [5.74, 6) is -0.519. The molecule has 1 aromatic rings. The third kappa shape index (κ3) is 5.90. The summed E-state index contributed by atoms with van der Waals surface area (Å²) in [6, 6.07) is 2.76. The maximum Gasteiger partial charge on any atom is 0.514 e. The van der Waals surface area contributed by atoms with Crippen molar-refractivity contribution >= 4 is 12.1 Å². The predicted octanol–water partition coefficient (Wildman–Crippen LogP) is 2.83. The zero-order valence-electron chi connectivity index (χ0n) is 14.5. The predicted molar refractivity (Wildman–Crippen MR) is 87.0 cm³/mol. The number of aryl methyl sites for hydroxylation is 2. The lowest BCUT2D eigenvalue weighted by Gasteiger charge is -2.20. The highest BCUT2D eigenvalue weighted by atomic mass is 16.7. The number of likely N-dealkylation sites (N-methyl/N-ethyl adjacent to an activating group) is 1. The molecule has 0 unspecified atom stereocenters. The number of nitrogens with one attached hydrogen (secondary N) is 1. The molecule has 0 aromatic heterocycles. The Morgan fingerprint density at radius 1 is 1.22 bits per heavy atom. The van der Waals surface area contributed by atoms with E-state index in [2.05, 4.69) is 5.32 Å². The van der Waals surface area contributed by atoms with Gasteiger partial charge in [0.25, 0.3) is 0 Å². The van der Waals surface area contributed by atoms with Crippen LogP contribution < -0.4 is 10.1 Å². The van der Waals surface area contributed by atoms with Gasteiger partial charge in [-0.25, -0.2) is 4.79 Å². The number of carbonyl (C=O) groups excluding carboxylic acids is 1. The van der Waals surface area contributed by atoms with Crippen molar-refractivity contribution in [1.29, 1.82) is 0 Å². The number of carboxylic acid groups (broad SMARTS) is 1. The highest BCUT2D eigenvalue weighted by Gasteiger charge is 2.20. The standard InChI is InChI=1S/C17H25NO5/c1-10-7-12(22-16(21)23-17(3,4)5)8-11(2)13(10)9-14(18-6)15(19)20/h7-8,14,18H,9H2,1-6H3,(H,19,20)/t14-/m0/s1. The van der Waals surface area contributed by atoms with E-state index in [9.17, 15) is 9.59 Å². The molecule has 0 amide bonds. The number of carboxylic acids is 1. The summed E-state index contributed by atoms with van der Waals surface area (Å²) in [7, 11) is 1.61. The average Bonchev–Trinajstić information content (AvgIpc) is 2.35. The maximum atomic E-state index is 11.7. The van der Waals surface area contributed by atoms with Gasteiger partial charge >= 0.3 is 12.1 Å². The summed E-state index contributed by atoms with van der Waals surface area (Å²) in [4.78, 5) is 22.9. The fraction of sp³-hybridized carbons (Fsp3) is 0.529. The molecule has 0 saturated heterocycles. The number of carbonyl (C=O) groups is 2. The first-order chi connectivity index (χ1) is 10.5. The molecular formula is C17H25NO5. The van der Waals surface area contributed by atoms with Gasteiger partial charge in [0.2, 0.25) is 0 Å². The van der Waals surface area contributed by atoms with Gasteiger partial charge in [-0.15, -0.1) is 0 Å². The minimum Gasteiger partial charge on any atom is -0.480 e. The SMILES string of the molecule is CN[C@@H](Cc1c(C)cc(OC(=O)OC(C)(C)C)cc1C)C(=O)O. The van der Waals surface area contributed by atoms with Crippen LogP contribution in [-0.2, 0) is 16.0 Å². The molecule has 1 rings (SSSR count). The summed E-state index contributed by atoms with van der Waals surface area (Å²) in [6.07, 6.45) is -0.404. The quantitative estimate of drug-likeness (QED) is 0.640. The van der Waals surface area contributed by atoms with E-state index in [0.717, 1.165) is 16.7 Å². The van der Waals surface area contributed by atoms with Gasteiger partial charge in [0.15, 0.2) is 0 Å². The van der Waals surface area contributed by atoms with E-state index >= 15 is 0 Å². The summed E-state index contributed by atoms with van der Waals surface area (Å²) >= 11 is 0. The lowest BCUT2D eigenvalue weighted by Crippen LogP contribution is -2.36. The van der Waals surface area contributed by atoms with Gasteiger partial charge in [0.05, 0.1) is 0 Å². The summed E-state index contributed by atoms with van der Waals surface area (Å²) in [5, 5.41) is 11.9. The molecule has 6 nitrogen and oxygen atoms in total. The highest BCUT2D eigenvalue weighted by Crippen LogP contribution is 2.24. The van der Waals surface area contributed by atoms with Crippen molar-refractivity contribution in [1.82, 2.24) is 5.32 Å². The Morgan fingerprint density at radius 2 is 1.74 bits per heavy atom. The van der Waals surface area contributed by atoms with Crippen molar-refractivity contribution in [3.8, 4) is 5.75 Å². The lowest BCUT2D eigenvalue weighted by molar-refractivity contribution is -0.139. The van der Waals surface area contributed by atoms with Crippen LogP contribution in [0.3, 0.4) is 0 Å². The minimum absolute atomic E-state index is 0.357. The van der Waals surface area contributed by atoms with Gasteiger partial charge < -0.3 is 19.9 Å². The summed E-state index contributed by atoms with van der Waals surface area (Å²) < 4.78 is 10.3. The van der Waals surface area contributed by atoms with Crippen LogP contribution in [0.15, 0.2) is 12.1 Å². The molecule has 6 heteroatoms. The summed E-state index contributed by atoms with van der Waals surface area (Å²) in [5.41, 5.74) is 2.03. The first kappa shape index (κ1) is 19.0. The zero-order valence-corrected chi connectivity index (χ0v) is 14.5. The van der Waals surface area contributed by atoms with Crippen molar-refractivity contribution in [3.63, 3.8) is 0 Å². The van der Waals surface area contributed by atoms with E-state index in [1.807, 2.05) is 13.8 Å². The molecule has 0 bridgehead atoms. The van der Waals surface area contributed by atoms with E-state index in [0.29, 0.717) is 12.2 Å². The van der Waals surface area contributed by atoms with E-state index in [4.69, 9.17) is 14.6 Å². The molecule has 2 N–H and O–H groups in total. The molecule has 0 aliphatic carbocycles. The number of aliphatic carboxylic acids is 1. The Morgan fingerprint density at radius 3 is 2.13 bits per heavy atom. The molecule has 0 spiro atoms. The average molecular weight is 323 g/mol. The van der Waals surface area contributed by atoms with Gasteiger partial charge in [-0.1, -0.05) is 0 Å². The third-order valence-electron chi connectivity index (χ3n) is 3.32. The van der Waals surface area contributed by atoms with Crippen molar-refractivity contribution < 1.29 is 24.2 Å². The molecule has 0 heterocycles. The number of hydrogen-bond donors (Lipinski definition) is 2. The van der Waals surface area contributed by atoms with Crippen LogP contribution in [0.25, 0.3) is 0 Å². The van der Waals surface area contributed by atoms with Crippen LogP contribution in [0.5, 0.6) is 5.75 Å². The molecule has 0 aliphatic rings. The van der Waals surface area contributed by atoms with E-state index in [1.54, 1.807) is 40.0 Å². The number of benzene rings is 1. The van der Waals surface area contributed by atoms with Gasteiger partial charge in [-0.3, -0.25) is 4.79 Å². The molecule has 0 aliphatic heterocycles. The largest absolute Gasteiger partial charge is 0.514 e. The molecule has 1 aromatic carbocycles. The second-order valence-electron chi connectivity index (χ2n) is 6.49. The minimum atomic E-state index is -0.902. The summed E-state index contributed by atoms with van der Waals surface area (Å²) in [6.45, 7) is 9.00. The molecule has 23 heavy (non-hydrogen) atoms. The Hall–Kier alpha value is -2.08. The maximum absolute atomic E-state index is 11.7. The van der Waals surface area contributed by atoms with Gasteiger partial charge in [0.1, 0.15) is 17.4 Å². The Bertz CT molecular complexity index is 566. The van der Waals surface area contributed by atoms with Crippen LogP contribution in [0, 0.1) is 13.8 Å². The second kappa shape index (κ2) is 7.46. The number of ether oxygens (including phenoxy) is 2. The van der Waals surface area contributed by atoms with Gasteiger partial charge in [-0.2, -0.15) is 0 Å². The van der Waals surface area contributed by atoms with Crippen LogP contribution in [0.1, 0.15) is 37.5 Å². The van der Waals surface area contributed by atoms with Crippen LogP contribution >= 0.6 is 0 Å². The normalized spacial score (nSPS) is 12.6. The smallest absolute Gasteiger partial charge is 0.480 e. The fourth-order valence-electron chi connectivity index (χ4n) is 2.22. The third-order valence-corrected chi connectivity index (χ3v) is 3.32. The molecule has 1 atom stereocenters. The highest BCUT2D eigenvalue weighted by molar-refractivity contribution is 5.74. The Labute approximate surface area is 136 Å². The van der Waals surface area contributed by atoms with Gasteiger partial charge in [0, 0.05) is 0 Å². The molecule has 0 saturated carbocycles. The van der Waals surface area contributed by atoms with Crippen LogP contribution in [0.2, 0.25) is 0 Å². The topological polar surface area (TPSA) is 84.9 Å². The monoisotopic (exact) mass is 323 g/mol. The van der Waals surface area contributed by atoms with Gasteiger partial charge in [-0.05, 0) is 76.9 Å². The number of rotatable bonds is 5. The van der Waals surface area contributed by atoms with Crippen molar-refractivity contribution in [2.24, 2.45) is 0 Å². The van der Waals surface area contributed by atoms with E-state index < -0.39 is 23.8 Å². The molecular weight excluding hydrogens is 298 g/mol. The zero-order chi connectivity index (χ0) is 17.8. The first-order valence-corrected chi connectivity index (χ1v) is 7.44.